The summed E-state index contributed by atoms with van der Waals surface area (Å²) >= 11 is 0. The van der Waals surface area contributed by atoms with Crippen molar-refractivity contribution in [3.8, 4) is 5.75 Å². The average Bonchev–Trinajstić information content (AvgIpc) is 3.49. The Kier molecular flexibility index (Phi) is 5.44. The van der Waals surface area contributed by atoms with Crippen LogP contribution in [0.5, 0.6) is 5.75 Å². The van der Waals surface area contributed by atoms with Gasteiger partial charge in [-0.2, -0.15) is 0 Å². The van der Waals surface area contributed by atoms with Crippen LogP contribution in [0.3, 0.4) is 0 Å². The molecule has 202 valence electrons. The van der Waals surface area contributed by atoms with Crippen molar-refractivity contribution in [2.24, 2.45) is 11.8 Å². The molecule has 3 saturated heterocycles. The Labute approximate surface area is 231 Å². The number of benzene rings is 3. The number of imide groups is 1. The molecule has 5 atom stereocenters. The normalized spacial score (nSPS) is 30.5. The van der Waals surface area contributed by atoms with Gasteiger partial charge in [-0.3, -0.25) is 14.4 Å². The van der Waals surface area contributed by atoms with E-state index in [1.54, 1.807) is 19.1 Å². The van der Waals surface area contributed by atoms with Gasteiger partial charge in [-0.05, 0) is 42.7 Å². The van der Waals surface area contributed by atoms with Crippen LogP contribution in [0.15, 0.2) is 54.6 Å². The molecule has 1 aliphatic carbocycles. The summed E-state index contributed by atoms with van der Waals surface area (Å²) in [6, 6.07) is 16.0. The predicted molar refractivity (Wildman–Crippen MR) is 146 cm³/mol. The molecular formula is C32H28N2O6. The number of carbonyl (C=O) groups excluding carboxylic acids is 3. The molecule has 3 aliphatic heterocycles. The van der Waals surface area contributed by atoms with Gasteiger partial charge in [-0.25, -0.2) is 9.74 Å². The summed E-state index contributed by atoms with van der Waals surface area (Å²) in [6.45, 7) is 9.45. The lowest BCUT2D eigenvalue weighted by molar-refractivity contribution is -0.134. The summed E-state index contributed by atoms with van der Waals surface area (Å²) in [5, 5.41) is 12.4. The lowest BCUT2D eigenvalue weighted by Gasteiger charge is -2.33. The van der Waals surface area contributed by atoms with Gasteiger partial charge in [0.2, 0.25) is 11.8 Å². The quantitative estimate of drug-likeness (QED) is 0.373. The van der Waals surface area contributed by atoms with Crippen molar-refractivity contribution in [3.05, 3.63) is 77.1 Å². The monoisotopic (exact) mass is 536 g/mol. The van der Waals surface area contributed by atoms with Crippen LogP contribution >= 0.6 is 0 Å². The van der Waals surface area contributed by atoms with Crippen molar-refractivity contribution < 1.29 is 29.0 Å². The summed E-state index contributed by atoms with van der Waals surface area (Å²) < 4.78 is 12.6. The number of carbonyl (C=O) groups is 3. The van der Waals surface area contributed by atoms with Gasteiger partial charge in [0.15, 0.2) is 11.5 Å². The number of ether oxygens (including phenoxy) is 2. The minimum absolute atomic E-state index is 0.119. The zero-order chi connectivity index (χ0) is 27.8. The van der Waals surface area contributed by atoms with Crippen LogP contribution in [0.4, 0.5) is 11.4 Å². The molecule has 0 spiro atoms. The maximum Gasteiger partial charge on any atom is 0.240 e. The Hall–Kier alpha value is -4.06. The lowest BCUT2D eigenvalue weighted by Crippen LogP contribution is -2.49. The van der Waals surface area contributed by atoms with Crippen molar-refractivity contribution in [1.29, 1.82) is 0 Å². The lowest BCUT2D eigenvalue weighted by atomic mass is 9.66. The summed E-state index contributed by atoms with van der Waals surface area (Å²) in [6.07, 6.45) is 1.71. The van der Waals surface area contributed by atoms with E-state index in [-0.39, 0.29) is 24.7 Å². The molecule has 40 heavy (non-hydrogen) atoms. The summed E-state index contributed by atoms with van der Waals surface area (Å²) in [4.78, 5) is 45.2. The number of nitrogens with zero attached hydrogens (tertiary/aromatic N) is 2. The van der Waals surface area contributed by atoms with E-state index in [1.807, 2.05) is 42.5 Å². The third-order valence-electron chi connectivity index (χ3n) is 9.40. The zero-order valence-corrected chi connectivity index (χ0v) is 22.1. The number of hydrogen-bond donors (Lipinski definition) is 1. The third kappa shape index (κ3) is 3.28. The van der Waals surface area contributed by atoms with E-state index >= 15 is 0 Å². The fourth-order valence-electron chi connectivity index (χ4n) is 7.54. The highest BCUT2D eigenvalue weighted by molar-refractivity contribution is 6.26. The fourth-order valence-corrected chi connectivity index (χ4v) is 7.54. The van der Waals surface area contributed by atoms with Gasteiger partial charge in [-0.15, -0.1) is 0 Å². The van der Waals surface area contributed by atoms with Crippen LogP contribution in [0.25, 0.3) is 15.6 Å². The van der Waals surface area contributed by atoms with Gasteiger partial charge in [0, 0.05) is 30.4 Å². The van der Waals surface area contributed by atoms with E-state index in [0.29, 0.717) is 46.3 Å². The van der Waals surface area contributed by atoms with E-state index in [0.717, 1.165) is 18.4 Å². The number of aliphatic hydroxyl groups is 1. The Morgan fingerprint density at radius 2 is 1.80 bits per heavy atom. The molecule has 4 aliphatic rings. The molecule has 3 heterocycles. The minimum Gasteiger partial charge on any atom is -0.493 e. The van der Waals surface area contributed by atoms with Gasteiger partial charge in [0.1, 0.15) is 11.4 Å². The van der Waals surface area contributed by atoms with Crippen molar-refractivity contribution in [3.63, 3.8) is 0 Å². The highest BCUT2D eigenvalue weighted by Crippen LogP contribution is 2.62. The van der Waals surface area contributed by atoms with Crippen LogP contribution in [-0.4, -0.2) is 46.6 Å². The molecule has 3 unspecified atom stereocenters. The highest BCUT2D eigenvalue weighted by Gasteiger charge is 2.77. The molecule has 0 saturated carbocycles. The molecule has 0 radical (unpaired) electrons. The van der Waals surface area contributed by atoms with E-state index in [1.165, 1.54) is 4.90 Å². The summed E-state index contributed by atoms with van der Waals surface area (Å²) in [7, 11) is 0. The van der Waals surface area contributed by atoms with Gasteiger partial charge in [-0.1, -0.05) is 42.5 Å². The molecule has 1 N–H and O–H groups in total. The molecular weight excluding hydrogens is 508 g/mol. The largest absolute Gasteiger partial charge is 0.493 e. The van der Waals surface area contributed by atoms with Crippen molar-refractivity contribution in [2.75, 3.05) is 11.5 Å². The Morgan fingerprint density at radius 3 is 2.60 bits per heavy atom. The number of ketones is 1. The SMILES string of the molecule is [C-]#[N+]c1ccc(N2C(=O)[C@@H]3[C@H](C2=O)C2(C)OC3(CCOc3cccc4c3CCCC4=O)CC2O)c2ccccc12. The van der Waals surface area contributed by atoms with Gasteiger partial charge in [0.25, 0.3) is 0 Å². The van der Waals surface area contributed by atoms with E-state index in [4.69, 9.17) is 16.0 Å². The molecule has 0 aromatic heterocycles. The number of rotatable bonds is 5. The van der Waals surface area contributed by atoms with Crippen molar-refractivity contribution in [1.82, 2.24) is 0 Å². The standard InChI is InChI=1S/C32H28N2O6/c1-31-26(36)17-32(40-31,15-16-39-25-12-6-9-20-21(25)10-5-11-24(20)35)28-27(31)29(37)34(30(28)38)23-14-13-22(33-2)18-7-3-4-8-19(18)23/h3-4,6-9,12-14,26-28,36H,5,10-11,15-17H2,1H3/t26?,27-,28+,31?,32?/m1/s1. The topological polar surface area (TPSA) is 97.5 Å². The Morgan fingerprint density at radius 1 is 1.02 bits per heavy atom. The maximum absolute atomic E-state index is 14.1. The number of fused-ring (bicyclic) bond motifs is 7. The highest BCUT2D eigenvalue weighted by atomic mass is 16.6. The van der Waals surface area contributed by atoms with Crippen LogP contribution in [-0.2, 0) is 20.7 Å². The van der Waals surface area contributed by atoms with Crippen LogP contribution < -0.4 is 9.64 Å². The third-order valence-corrected chi connectivity index (χ3v) is 9.40. The molecule has 3 aromatic rings. The predicted octanol–water partition coefficient (Wildman–Crippen LogP) is 4.78. The fraction of sp³-hybridized carbons (Fsp3) is 0.375. The van der Waals surface area contributed by atoms with Crippen LogP contribution in [0, 0.1) is 18.4 Å². The number of hydrogen-bond acceptors (Lipinski definition) is 6. The first-order valence-electron chi connectivity index (χ1n) is 13.7. The molecule has 2 amide bonds. The minimum atomic E-state index is -1.20. The average molecular weight is 537 g/mol. The van der Waals surface area contributed by atoms with E-state index in [9.17, 15) is 19.5 Å². The molecule has 3 aromatic carbocycles. The smallest absolute Gasteiger partial charge is 0.240 e. The Bertz CT molecular complexity index is 1660. The van der Waals surface area contributed by atoms with Gasteiger partial charge >= 0.3 is 0 Å². The number of Topliss-reactive ketones (excluding diaryl/α,β-unsaturated/α-hetero) is 1. The van der Waals surface area contributed by atoms with Crippen LogP contribution in [0.2, 0.25) is 0 Å². The first-order valence-corrected chi connectivity index (χ1v) is 13.7. The van der Waals surface area contributed by atoms with E-state index < -0.39 is 35.0 Å². The van der Waals surface area contributed by atoms with Crippen molar-refractivity contribution >= 4 is 39.7 Å². The summed E-state index contributed by atoms with van der Waals surface area (Å²) in [5.41, 5.74) is 0.241. The molecule has 3 fully saturated rings. The summed E-state index contributed by atoms with van der Waals surface area (Å²) in [5.74, 6) is -1.56. The number of amides is 2. The van der Waals surface area contributed by atoms with Crippen molar-refractivity contribution in [2.45, 2.75) is 56.3 Å². The zero-order valence-electron chi connectivity index (χ0n) is 22.1. The number of anilines is 1. The first-order chi connectivity index (χ1) is 19.3. The first kappa shape index (κ1) is 24.9. The molecule has 8 heteroatoms. The second-order valence-electron chi connectivity index (χ2n) is 11.5. The van der Waals surface area contributed by atoms with Crippen LogP contribution in [0.1, 0.15) is 48.5 Å². The number of aliphatic hydroxyl groups excluding tert-OH is 1. The second kappa shape index (κ2) is 8.72. The maximum atomic E-state index is 14.1. The molecule has 7 rings (SSSR count). The van der Waals surface area contributed by atoms with E-state index in [2.05, 4.69) is 4.85 Å². The van der Waals surface area contributed by atoms with Gasteiger partial charge in [0.05, 0.1) is 42.4 Å². The van der Waals surface area contributed by atoms with Gasteiger partial charge < -0.3 is 14.6 Å². The Balaban J connectivity index is 1.21. The molecule has 8 nitrogen and oxygen atoms in total. The second-order valence-corrected chi connectivity index (χ2v) is 11.5. The molecule has 2 bridgehead atoms.